The Morgan fingerprint density at radius 1 is 1.38 bits per heavy atom. The number of imidazole rings is 1. The van der Waals surface area contributed by atoms with Crippen LogP contribution in [0.3, 0.4) is 0 Å². The van der Waals surface area contributed by atoms with Gasteiger partial charge in [0.15, 0.2) is 0 Å². The lowest BCUT2D eigenvalue weighted by Gasteiger charge is -2.34. The molecule has 2 aliphatic rings. The van der Waals surface area contributed by atoms with Crippen molar-refractivity contribution >= 4 is 0 Å². The van der Waals surface area contributed by atoms with Gasteiger partial charge in [0.1, 0.15) is 0 Å². The summed E-state index contributed by atoms with van der Waals surface area (Å²) in [4.78, 5) is 4.23. The molecule has 2 N–H and O–H groups in total. The first-order valence-corrected chi connectivity index (χ1v) is 5.12. The Bertz CT molecular complexity index is 308. The van der Waals surface area contributed by atoms with Gasteiger partial charge in [-0.25, -0.2) is 4.98 Å². The molecular weight excluding hydrogens is 162 g/mol. The van der Waals surface area contributed by atoms with Crippen LogP contribution in [0.5, 0.6) is 0 Å². The van der Waals surface area contributed by atoms with Crippen molar-refractivity contribution in [1.82, 2.24) is 9.55 Å². The molecule has 3 nitrogen and oxygen atoms in total. The Balaban J connectivity index is 1.83. The number of aromatic nitrogens is 2. The van der Waals surface area contributed by atoms with Crippen LogP contribution in [0, 0.1) is 0 Å². The molecule has 2 fully saturated rings. The average molecular weight is 177 g/mol. The van der Waals surface area contributed by atoms with Gasteiger partial charge in [-0.15, -0.1) is 0 Å². The van der Waals surface area contributed by atoms with E-state index in [1.165, 1.54) is 18.5 Å². The summed E-state index contributed by atoms with van der Waals surface area (Å²) in [5, 5.41) is 0. The van der Waals surface area contributed by atoms with Crippen molar-refractivity contribution in [3.05, 3.63) is 18.2 Å². The summed E-state index contributed by atoms with van der Waals surface area (Å²) >= 11 is 0. The van der Waals surface area contributed by atoms with Gasteiger partial charge < -0.3 is 10.3 Å². The molecule has 0 radical (unpaired) electrons. The average Bonchev–Trinajstić information content (AvgIpc) is 2.80. The fourth-order valence-electron chi connectivity index (χ4n) is 2.17. The van der Waals surface area contributed by atoms with E-state index in [0.717, 1.165) is 18.8 Å². The van der Waals surface area contributed by atoms with E-state index in [0.29, 0.717) is 12.1 Å². The summed E-state index contributed by atoms with van der Waals surface area (Å²) in [5.41, 5.74) is 7.22. The molecule has 3 rings (SSSR count). The van der Waals surface area contributed by atoms with Crippen LogP contribution in [-0.4, -0.2) is 15.6 Å². The first kappa shape index (κ1) is 7.56. The second kappa shape index (κ2) is 2.58. The lowest BCUT2D eigenvalue weighted by molar-refractivity contribution is 0.261. The van der Waals surface area contributed by atoms with Gasteiger partial charge in [-0.2, -0.15) is 0 Å². The van der Waals surface area contributed by atoms with Gasteiger partial charge in [0, 0.05) is 29.9 Å². The van der Waals surface area contributed by atoms with E-state index in [-0.39, 0.29) is 0 Å². The quantitative estimate of drug-likeness (QED) is 0.742. The Kier molecular flexibility index (Phi) is 1.50. The highest BCUT2D eigenvalue weighted by Crippen LogP contribution is 2.42. The molecule has 0 saturated heterocycles. The third kappa shape index (κ3) is 1.18. The van der Waals surface area contributed by atoms with Crippen LogP contribution in [0.1, 0.15) is 43.3 Å². The van der Waals surface area contributed by atoms with Crippen molar-refractivity contribution in [2.75, 3.05) is 0 Å². The fourth-order valence-corrected chi connectivity index (χ4v) is 2.17. The van der Waals surface area contributed by atoms with Crippen LogP contribution < -0.4 is 5.73 Å². The molecule has 1 aromatic rings. The van der Waals surface area contributed by atoms with Crippen LogP contribution in [0.15, 0.2) is 12.5 Å². The smallest absolute Gasteiger partial charge is 0.0950 e. The third-order valence-electron chi connectivity index (χ3n) is 3.23. The van der Waals surface area contributed by atoms with Crippen molar-refractivity contribution < 1.29 is 0 Å². The molecular formula is C10H15N3. The van der Waals surface area contributed by atoms with Crippen LogP contribution in [-0.2, 0) is 0 Å². The minimum absolute atomic E-state index is 0.430. The molecule has 0 aromatic carbocycles. The molecule has 3 heteroatoms. The third-order valence-corrected chi connectivity index (χ3v) is 3.23. The van der Waals surface area contributed by atoms with Crippen LogP contribution in [0.25, 0.3) is 0 Å². The minimum atomic E-state index is 0.430. The van der Waals surface area contributed by atoms with Gasteiger partial charge in [-0.05, 0) is 25.7 Å². The molecule has 0 amide bonds. The van der Waals surface area contributed by atoms with Gasteiger partial charge >= 0.3 is 0 Å². The highest BCUT2D eigenvalue weighted by atomic mass is 15.1. The first-order chi connectivity index (χ1) is 6.34. The summed E-state index contributed by atoms with van der Waals surface area (Å²) in [6.07, 6.45) is 8.98. The number of nitrogens with two attached hydrogens (primary N) is 1. The van der Waals surface area contributed by atoms with E-state index in [2.05, 4.69) is 9.55 Å². The van der Waals surface area contributed by atoms with Gasteiger partial charge in [-0.1, -0.05) is 0 Å². The maximum atomic E-state index is 5.78. The second-order valence-corrected chi connectivity index (χ2v) is 4.39. The summed E-state index contributed by atoms with van der Waals surface area (Å²) in [5.74, 6) is 0.805. The number of rotatable bonds is 2. The normalized spacial score (nSPS) is 33.0. The minimum Gasteiger partial charge on any atom is -0.331 e. The molecule has 0 atom stereocenters. The molecule has 2 saturated carbocycles. The van der Waals surface area contributed by atoms with Crippen LogP contribution in [0.2, 0.25) is 0 Å². The zero-order valence-corrected chi connectivity index (χ0v) is 7.69. The van der Waals surface area contributed by atoms with E-state index in [9.17, 15) is 0 Å². The van der Waals surface area contributed by atoms with Crippen molar-refractivity contribution in [1.29, 1.82) is 0 Å². The molecule has 1 aromatic heterocycles. The largest absolute Gasteiger partial charge is 0.331 e. The Morgan fingerprint density at radius 3 is 2.77 bits per heavy atom. The standard InChI is InChI=1S/C10H15N3/c11-8-3-9(4-8)13-6-12-5-10(13)7-1-2-7/h5-9H,1-4,11H2. The van der Waals surface area contributed by atoms with E-state index in [1.807, 2.05) is 12.5 Å². The topological polar surface area (TPSA) is 43.8 Å². The zero-order chi connectivity index (χ0) is 8.84. The molecule has 0 spiro atoms. The monoisotopic (exact) mass is 177 g/mol. The molecule has 0 bridgehead atoms. The van der Waals surface area contributed by atoms with E-state index in [1.54, 1.807) is 0 Å². The molecule has 70 valence electrons. The Hall–Kier alpha value is -0.830. The molecule has 0 unspecified atom stereocenters. The molecule has 0 aliphatic heterocycles. The van der Waals surface area contributed by atoms with Gasteiger partial charge in [0.05, 0.1) is 6.33 Å². The number of nitrogens with zero attached hydrogens (tertiary/aromatic N) is 2. The predicted molar refractivity (Wildman–Crippen MR) is 50.4 cm³/mol. The lowest BCUT2D eigenvalue weighted by Crippen LogP contribution is -2.37. The Labute approximate surface area is 78.0 Å². The highest BCUT2D eigenvalue weighted by Gasteiger charge is 2.33. The van der Waals surface area contributed by atoms with Crippen molar-refractivity contribution in [2.24, 2.45) is 5.73 Å². The van der Waals surface area contributed by atoms with Crippen molar-refractivity contribution in [3.8, 4) is 0 Å². The maximum Gasteiger partial charge on any atom is 0.0950 e. The van der Waals surface area contributed by atoms with Gasteiger partial charge in [-0.3, -0.25) is 0 Å². The van der Waals surface area contributed by atoms with Gasteiger partial charge in [0.2, 0.25) is 0 Å². The van der Waals surface area contributed by atoms with Crippen molar-refractivity contribution in [2.45, 2.75) is 43.7 Å². The van der Waals surface area contributed by atoms with Gasteiger partial charge in [0.25, 0.3) is 0 Å². The SMILES string of the molecule is NC1CC(n2cncc2C2CC2)C1. The maximum absolute atomic E-state index is 5.78. The van der Waals surface area contributed by atoms with E-state index in [4.69, 9.17) is 5.73 Å². The summed E-state index contributed by atoms with van der Waals surface area (Å²) in [6, 6.07) is 1.08. The van der Waals surface area contributed by atoms with Crippen LogP contribution >= 0.6 is 0 Å². The predicted octanol–water partition coefficient (Wildman–Crippen LogP) is 1.42. The Morgan fingerprint density at radius 2 is 2.15 bits per heavy atom. The summed E-state index contributed by atoms with van der Waals surface area (Å²) in [7, 11) is 0. The number of hydrogen-bond donors (Lipinski definition) is 1. The zero-order valence-electron chi connectivity index (χ0n) is 7.69. The lowest BCUT2D eigenvalue weighted by atomic mass is 9.87. The van der Waals surface area contributed by atoms with Crippen molar-refractivity contribution in [3.63, 3.8) is 0 Å². The van der Waals surface area contributed by atoms with E-state index >= 15 is 0 Å². The summed E-state index contributed by atoms with van der Waals surface area (Å²) < 4.78 is 2.35. The highest BCUT2D eigenvalue weighted by molar-refractivity contribution is 5.14. The molecule has 1 heterocycles. The van der Waals surface area contributed by atoms with Crippen LogP contribution in [0.4, 0.5) is 0 Å². The summed E-state index contributed by atoms with van der Waals surface area (Å²) in [6.45, 7) is 0. The van der Waals surface area contributed by atoms with E-state index < -0.39 is 0 Å². The second-order valence-electron chi connectivity index (χ2n) is 4.39. The first-order valence-electron chi connectivity index (χ1n) is 5.12. The molecule has 2 aliphatic carbocycles. The molecule has 13 heavy (non-hydrogen) atoms. The number of hydrogen-bond acceptors (Lipinski definition) is 2. The fraction of sp³-hybridized carbons (Fsp3) is 0.700.